The second kappa shape index (κ2) is 2.34. The molecule has 1 aromatic carbocycles. The molecular formula is C8H8NO2+. The minimum atomic E-state index is 0.428. The van der Waals surface area contributed by atoms with Gasteiger partial charge in [0.15, 0.2) is 0 Å². The van der Waals surface area contributed by atoms with Crippen LogP contribution in [0.15, 0.2) is 24.3 Å². The molecule has 1 heterocycles. The van der Waals surface area contributed by atoms with E-state index in [-0.39, 0.29) is 0 Å². The average molecular weight is 150 g/mol. The van der Waals surface area contributed by atoms with E-state index in [9.17, 15) is 4.91 Å². The Labute approximate surface area is 64.1 Å². The summed E-state index contributed by atoms with van der Waals surface area (Å²) < 4.78 is 0. The van der Waals surface area contributed by atoms with Crippen LogP contribution >= 0.6 is 0 Å². The Morgan fingerprint density at radius 3 is 3.09 bits per heavy atom. The van der Waals surface area contributed by atoms with Crippen LogP contribution in [-0.2, 0) is 6.42 Å². The number of nitrogens with zero attached hydrogens (tertiary/aromatic N) is 1. The molecule has 0 unspecified atom stereocenters. The minimum absolute atomic E-state index is 0.428. The summed E-state index contributed by atoms with van der Waals surface area (Å²) in [5.74, 6) is 0.689. The fourth-order valence-corrected chi connectivity index (χ4v) is 1.17. The van der Waals surface area contributed by atoms with Crippen molar-refractivity contribution in [3.8, 4) is 5.75 Å². The normalized spacial score (nSPS) is 15.5. The molecule has 0 bridgehead atoms. The van der Waals surface area contributed by atoms with Crippen LogP contribution in [0.4, 0.5) is 0 Å². The fraction of sp³-hybridized carbons (Fsp3) is 0.250. The molecule has 0 saturated carbocycles. The molecule has 0 saturated heterocycles. The predicted octanol–water partition coefficient (Wildman–Crippen LogP) is 1.32. The molecule has 0 aromatic heterocycles. The molecule has 0 amide bonds. The molecule has 2 rings (SSSR count). The third-order valence-electron chi connectivity index (χ3n) is 1.74. The van der Waals surface area contributed by atoms with Gasteiger partial charge >= 0.3 is 0 Å². The smallest absolute Gasteiger partial charge is 0.190 e. The molecule has 56 valence electrons. The SMILES string of the molecule is O=[N+]1CCc2ccccc2O1. The number of hydrogen-bond donors (Lipinski definition) is 0. The molecule has 3 heteroatoms. The standard InChI is InChI=1S/C8H8NO2/c10-9-6-5-7-3-1-2-4-8(7)11-9/h1-4H,5-6H2/q+1. The molecule has 1 aromatic rings. The van der Waals surface area contributed by atoms with Crippen molar-refractivity contribution in [2.75, 3.05) is 6.54 Å². The number of fused-ring (bicyclic) bond motifs is 1. The highest BCUT2D eigenvalue weighted by Gasteiger charge is 2.21. The van der Waals surface area contributed by atoms with Crippen LogP contribution in [0.25, 0.3) is 0 Å². The van der Waals surface area contributed by atoms with Gasteiger partial charge in [-0.3, -0.25) is 0 Å². The predicted molar refractivity (Wildman–Crippen MR) is 39.3 cm³/mol. The maximum absolute atomic E-state index is 10.7. The van der Waals surface area contributed by atoms with Crippen LogP contribution in [0.2, 0.25) is 0 Å². The highest BCUT2D eigenvalue weighted by atomic mass is 16.8. The summed E-state index contributed by atoms with van der Waals surface area (Å²) in [5.41, 5.74) is 1.11. The van der Waals surface area contributed by atoms with Gasteiger partial charge in [0.25, 0.3) is 6.54 Å². The fourth-order valence-electron chi connectivity index (χ4n) is 1.17. The van der Waals surface area contributed by atoms with Crippen LogP contribution < -0.4 is 4.84 Å². The van der Waals surface area contributed by atoms with Gasteiger partial charge < -0.3 is 0 Å². The zero-order valence-corrected chi connectivity index (χ0v) is 5.99. The maximum atomic E-state index is 10.7. The Kier molecular flexibility index (Phi) is 1.35. The quantitative estimate of drug-likeness (QED) is 0.558. The van der Waals surface area contributed by atoms with E-state index in [1.807, 2.05) is 18.2 Å². The molecule has 0 spiro atoms. The lowest BCUT2D eigenvalue weighted by Gasteiger charge is -2.06. The van der Waals surface area contributed by atoms with Crippen LogP contribution in [0.5, 0.6) is 5.75 Å². The molecule has 11 heavy (non-hydrogen) atoms. The van der Waals surface area contributed by atoms with Crippen LogP contribution in [-0.4, -0.2) is 11.5 Å². The van der Waals surface area contributed by atoms with Gasteiger partial charge in [-0.1, -0.05) is 18.2 Å². The van der Waals surface area contributed by atoms with E-state index < -0.39 is 0 Å². The first kappa shape index (κ1) is 6.34. The van der Waals surface area contributed by atoms with Crippen molar-refractivity contribution < 1.29 is 9.76 Å². The third kappa shape index (κ3) is 1.09. The summed E-state index contributed by atoms with van der Waals surface area (Å²) in [6.45, 7) is 0.428. The summed E-state index contributed by atoms with van der Waals surface area (Å²) in [7, 11) is 0. The van der Waals surface area contributed by atoms with Crippen molar-refractivity contribution in [2.45, 2.75) is 6.42 Å². The Bertz CT molecular complexity index is 296. The molecular weight excluding hydrogens is 142 g/mol. The average Bonchev–Trinajstić information content (AvgIpc) is 2.04. The van der Waals surface area contributed by atoms with Gasteiger partial charge in [-0.2, -0.15) is 4.84 Å². The summed E-state index contributed by atoms with van der Waals surface area (Å²) in [5, 5.41) is 0. The van der Waals surface area contributed by atoms with E-state index in [0.29, 0.717) is 17.2 Å². The van der Waals surface area contributed by atoms with Gasteiger partial charge in [0, 0.05) is 12.0 Å². The monoisotopic (exact) mass is 150 g/mol. The second-order valence-electron chi connectivity index (χ2n) is 2.51. The third-order valence-corrected chi connectivity index (χ3v) is 1.74. The largest absolute Gasteiger partial charge is 0.253 e. The van der Waals surface area contributed by atoms with Crippen LogP contribution in [0.3, 0.4) is 0 Å². The molecule has 3 nitrogen and oxygen atoms in total. The highest BCUT2D eigenvalue weighted by molar-refractivity contribution is 5.33. The first-order chi connectivity index (χ1) is 5.36. The zero-order valence-electron chi connectivity index (χ0n) is 5.99. The van der Waals surface area contributed by atoms with Crippen molar-refractivity contribution in [1.29, 1.82) is 0 Å². The molecule has 0 atom stereocenters. The van der Waals surface area contributed by atoms with Gasteiger partial charge in [0.05, 0.1) is 4.91 Å². The minimum Gasteiger partial charge on any atom is -0.190 e. The Morgan fingerprint density at radius 1 is 1.36 bits per heavy atom. The van der Waals surface area contributed by atoms with E-state index in [4.69, 9.17) is 4.84 Å². The van der Waals surface area contributed by atoms with Crippen molar-refractivity contribution >= 4 is 0 Å². The van der Waals surface area contributed by atoms with Gasteiger partial charge in [0.1, 0.15) is 0 Å². The van der Waals surface area contributed by atoms with Crippen molar-refractivity contribution in [2.24, 2.45) is 0 Å². The highest BCUT2D eigenvalue weighted by Crippen LogP contribution is 2.21. The summed E-state index contributed by atoms with van der Waals surface area (Å²) in [6.07, 6.45) is 0.777. The molecule has 0 radical (unpaired) electrons. The Morgan fingerprint density at radius 2 is 2.18 bits per heavy atom. The molecule has 1 aliphatic heterocycles. The lowest BCUT2D eigenvalue weighted by Crippen LogP contribution is -2.21. The molecule has 1 aliphatic rings. The van der Waals surface area contributed by atoms with Crippen molar-refractivity contribution in [1.82, 2.24) is 0 Å². The van der Waals surface area contributed by atoms with Crippen LogP contribution in [0, 0.1) is 4.91 Å². The van der Waals surface area contributed by atoms with Gasteiger partial charge in [-0.15, -0.1) is 0 Å². The lowest BCUT2D eigenvalue weighted by atomic mass is 10.1. The Balaban J connectivity index is 2.41. The van der Waals surface area contributed by atoms with Crippen molar-refractivity contribution in [3.63, 3.8) is 0 Å². The van der Waals surface area contributed by atoms with E-state index >= 15 is 0 Å². The number of benzene rings is 1. The first-order valence-corrected chi connectivity index (χ1v) is 3.57. The summed E-state index contributed by atoms with van der Waals surface area (Å²) in [4.78, 5) is 16.2. The maximum Gasteiger partial charge on any atom is 0.253 e. The number of para-hydroxylation sites is 1. The zero-order chi connectivity index (χ0) is 7.68. The van der Waals surface area contributed by atoms with Gasteiger partial charge in [-0.05, 0) is 6.07 Å². The second-order valence-corrected chi connectivity index (χ2v) is 2.51. The van der Waals surface area contributed by atoms with Gasteiger partial charge in [0.2, 0.25) is 10.7 Å². The van der Waals surface area contributed by atoms with E-state index in [1.54, 1.807) is 6.07 Å². The van der Waals surface area contributed by atoms with E-state index in [1.165, 1.54) is 0 Å². The molecule has 0 N–H and O–H groups in total. The molecule has 0 fully saturated rings. The summed E-state index contributed by atoms with van der Waals surface area (Å²) >= 11 is 0. The lowest BCUT2D eigenvalue weighted by molar-refractivity contribution is -0.764. The van der Waals surface area contributed by atoms with E-state index in [2.05, 4.69) is 0 Å². The van der Waals surface area contributed by atoms with Crippen LogP contribution in [0.1, 0.15) is 5.56 Å². The number of hydrogen-bond acceptors (Lipinski definition) is 2. The van der Waals surface area contributed by atoms with Crippen molar-refractivity contribution in [3.05, 3.63) is 34.7 Å². The van der Waals surface area contributed by atoms with E-state index in [0.717, 1.165) is 12.0 Å². The summed E-state index contributed by atoms with van der Waals surface area (Å²) in [6, 6.07) is 7.59. The van der Waals surface area contributed by atoms with Gasteiger partial charge in [-0.25, -0.2) is 0 Å². The topological polar surface area (TPSA) is 29.3 Å². The first-order valence-electron chi connectivity index (χ1n) is 3.57. The number of rotatable bonds is 0. The molecule has 0 aliphatic carbocycles. The Hall–Kier alpha value is -1.38.